The summed E-state index contributed by atoms with van der Waals surface area (Å²) in [5.41, 5.74) is 2.25. The van der Waals surface area contributed by atoms with Crippen LogP contribution in [0.1, 0.15) is 50.7 Å². The Labute approximate surface area is 262 Å². The molecule has 0 aromatic heterocycles. The number of rotatable bonds is 18. The van der Waals surface area contributed by atoms with Crippen molar-refractivity contribution in [1.82, 2.24) is 10.2 Å². The van der Waals surface area contributed by atoms with Crippen molar-refractivity contribution in [2.75, 3.05) is 37.4 Å². The molecular formula is C34H45N3O6S. The lowest BCUT2D eigenvalue weighted by molar-refractivity contribution is -0.141. The molecule has 0 radical (unpaired) electrons. The Morgan fingerprint density at radius 3 is 2.23 bits per heavy atom. The number of hydrogen-bond acceptors (Lipinski definition) is 6. The van der Waals surface area contributed by atoms with Gasteiger partial charge in [0.15, 0.2) is 0 Å². The number of hydrogen-bond donors (Lipinski definition) is 1. The molecule has 3 aromatic rings. The molecule has 0 fully saturated rings. The Bertz CT molecular complexity index is 1430. The maximum Gasteiger partial charge on any atom is 0.243 e. The minimum Gasteiger partial charge on any atom is -0.497 e. The zero-order chi connectivity index (χ0) is 32.0. The number of unbranched alkanes of at least 4 members (excludes halogenated alkanes) is 1. The van der Waals surface area contributed by atoms with Gasteiger partial charge in [0.1, 0.15) is 17.5 Å². The predicted octanol–water partition coefficient (Wildman–Crippen LogP) is 5.20. The average molecular weight is 624 g/mol. The third-order valence-electron chi connectivity index (χ3n) is 7.18. The van der Waals surface area contributed by atoms with E-state index in [-0.39, 0.29) is 37.7 Å². The highest BCUT2D eigenvalue weighted by Gasteiger charge is 2.30. The number of nitrogens with one attached hydrogen (secondary N) is 1. The number of benzene rings is 3. The Morgan fingerprint density at radius 1 is 0.886 bits per heavy atom. The normalized spacial score (nSPS) is 11.8. The van der Waals surface area contributed by atoms with Gasteiger partial charge in [-0.2, -0.15) is 0 Å². The highest BCUT2D eigenvalue weighted by atomic mass is 32.2. The van der Waals surface area contributed by atoms with Crippen molar-refractivity contribution in [2.45, 2.75) is 58.5 Å². The van der Waals surface area contributed by atoms with Crippen molar-refractivity contribution in [1.29, 1.82) is 0 Å². The fourth-order valence-electron chi connectivity index (χ4n) is 4.91. The van der Waals surface area contributed by atoms with Gasteiger partial charge in [0.2, 0.25) is 21.8 Å². The van der Waals surface area contributed by atoms with Crippen LogP contribution in [0.2, 0.25) is 0 Å². The van der Waals surface area contributed by atoms with Crippen molar-refractivity contribution < 1.29 is 27.5 Å². The lowest BCUT2D eigenvalue weighted by Gasteiger charge is -2.32. The monoisotopic (exact) mass is 623 g/mol. The average Bonchev–Trinajstić information content (AvgIpc) is 3.01. The van der Waals surface area contributed by atoms with Crippen LogP contribution in [-0.4, -0.2) is 64.2 Å². The molecule has 0 bridgehead atoms. The Hall–Kier alpha value is -4.05. The Kier molecular flexibility index (Phi) is 13.5. The molecule has 0 aliphatic heterocycles. The maximum atomic E-state index is 14.0. The number of anilines is 1. The Morgan fingerprint density at radius 2 is 1.59 bits per heavy atom. The third kappa shape index (κ3) is 10.6. The number of carbonyl (C=O) groups excluding carboxylic acids is 2. The summed E-state index contributed by atoms with van der Waals surface area (Å²) < 4.78 is 37.6. The quantitative estimate of drug-likeness (QED) is 0.196. The number of sulfonamides is 1. The molecule has 0 unspecified atom stereocenters. The van der Waals surface area contributed by atoms with E-state index < -0.39 is 16.1 Å². The molecule has 0 saturated carbocycles. The third-order valence-corrected chi connectivity index (χ3v) is 8.37. The maximum absolute atomic E-state index is 14.0. The van der Waals surface area contributed by atoms with E-state index in [1.165, 1.54) is 4.31 Å². The zero-order valence-corrected chi connectivity index (χ0v) is 27.0. The Balaban J connectivity index is 1.87. The smallest absolute Gasteiger partial charge is 0.243 e. The van der Waals surface area contributed by atoms with Crippen molar-refractivity contribution in [3.63, 3.8) is 0 Å². The molecule has 0 aliphatic carbocycles. The molecule has 2 amide bonds. The van der Waals surface area contributed by atoms with Crippen molar-refractivity contribution in [2.24, 2.45) is 0 Å². The molecule has 9 nitrogen and oxygen atoms in total. The first kappa shape index (κ1) is 34.4. The van der Waals surface area contributed by atoms with E-state index in [0.29, 0.717) is 36.8 Å². The van der Waals surface area contributed by atoms with Gasteiger partial charge in [-0.15, -0.1) is 0 Å². The first-order chi connectivity index (χ1) is 21.2. The van der Waals surface area contributed by atoms with Gasteiger partial charge in [0.05, 0.1) is 25.7 Å². The second-order valence-corrected chi connectivity index (χ2v) is 12.5. The summed E-state index contributed by atoms with van der Waals surface area (Å²) in [7, 11) is -2.03. The van der Waals surface area contributed by atoms with E-state index in [0.717, 1.165) is 30.2 Å². The van der Waals surface area contributed by atoms with Crippen molar-refractivity contribution in [3.8, 4) is 11.5 Å². The van der Waals surface area contributed by atoms with E-state index in [9.17, 15) is 18.0 Å². The van der Waals surface area contributed by atoms with Gasteiger partial charge in [-0.25, -0.2) is 8.42 Å². The minimum absolute atomic E-state index is 0.0561. The molecular weight excluding hydrogens is 578 g/mol. The van der Waals surface area contributed by atoms with E-state index in [4.69, 9.17) is 9.47 Å². The summed E-state index contributed by atoms with van der Waals surface area (Å²) in [6, 6.07) is 23.1. The summed E-state index contributed by atoms with van der Waals surface area (Å²) >= 11 is 0. The molecule has 0 heterocycles. The second-order valence-electron chi connectivity index (χ2n) is 10.6. The standard InChI is InChI=1S/C34H45N3O6S/c1-5-7-22-35-34(39)32(25-27-13-9-8-10-14-27)36(26-28-15-11-16-31(24-28)42-3)33(38)17-12-23-37(44(4,40)41)29-18-20-30(21-19-29)43-6-2/h8-11,13-16,18-21,24,32H,5-7,12,17,22-23,25-26H2,1-4H3,(H,35,39)/t32-/m0/s1. The van der Waals surface area contributed by atoms with Crippen LogP contribution < -0.4 is 19.1 Å². The van der Waals surface area contributed by atoms with Gasteiger partial charge in [-0.3, -0.25) is 13.9 Å². The molecule has 1 N–H and O–H groups in total. The van der Waals surface area contributed by atoms with Crippen molar-refractivity contribution in [3.05, 3.63) is 90.0 Å². The zero-order valence-electron chi connectivity index (χ0n) is 26.2. The number of ether oxygens (including phenoxy) is 2. The van der Waals surface area contributed by atoms with E-state index in [1.807, 2.05) is 61.5 Å². The van der Waals surface area contributed by atoms with Crippen molar-refractivity contribution >= 4 is 27.5 Å². The topological polar surface area (TPSA) is 105 Å². The van der Waals surface area contributed by atoms with Gasteiger partial charge >= 0.3 is 0 Å². The van der Waals surface area contributed by atoms with Crippen LogP contribution in [-0.2, 0) is 32.6 Å². The van der Waals surface area contributed by atoms with E-state index in [2.05, 4.69) is 12.2 Å². The molecule has 238 valence electrons. The lowest BCUT2D eigenvalue weighted by Crippen LogP contribution is -2.50. The molecule has 3 rings (SSSR count). The molecule has 3 aromatic carbocycles. The summed E-state index contributed by atoms with van der Waals surface area (Å²) in [5, 5.41) is 3.02. The fraction of sp³-hybridized carbons (Fsp3) is 0.412. The number of carbonyl (C=O) groups is 2. The van der Waals surface area contributed by atoms with Gasteiger partial charge in [0, 0.05) is 32.5 Å². The van der Waals surface area contributed by atoms with Gasteiger partial charge in [-0.1, -0.05) is 55.8 Å². The van der Waals surface area contributed by atoms with Crippen LogP contribution in [0.25, 0.3) is 0 Å². The highest BCUT2D eigenvalue weighted by molar-refractivity contribution is 7.92. The molecule has 44 heavy (non-hydrogen) atoms. The highest BCUT2D eigenvalue weighted by Crippen LogP contribution is 2.23. The summed E-state index contributed by atoms with van der Waals surface area (Å²) in [5.74, 6) is 0.848. The number of amides is 2. The largest absolute Gasteiger partial charge is 0.497 e. The summed E-state index contributed by atoms with van der Waals surface area (Å²) in [6.07, 6.45) is 3.58. The molecule has 0 aliphatic rings. The fourth-order valence-corrected chi connectivity index (χ4v) is 5.87. The second kappa shape index (κ2) is 17.3. The molecule has 0 spiro atoms. The lowest BCUT2D eigenvalue weighted by atomic mass is 10.0. The van der Waals surface area contributed by atoms with Gasteiger partial charge in [0.25, 0.3) is 0 Å². The van der Waals surface area contributed by atoms with Crippen LogP contribution in [0.5, 0.6) is 11.5 Å². The summed E-state index contributed by atoms with van der Waals surface area (Å²) in [6.45, 7) is 5.27. The van der Waals surface area contributed by atoms with Crippen LogP contribution in [0.3, 0.4) is 0 Å². The van der Waals surface area contributed by atoms with Gasteiger partial charge < -0.3 is 19.7 Å². The van der Waals surface area contributed by atoms with Crippen LogP contribution in [0, 0.1) is 0 Å². The molecule has 1 atom stereocenters. The summed E-state index contributed by atoms with van der Waals surface area (Å²) in [4.78, 5) is 29.2. The molecule has 10 heteroatoms. The number of nitrogens with zero attached hydrogens (tertiary/aromatic N) is 2. The van der Waals surface area contributed by atoms with Gasteiger partial charge in [-0.05, 0) is 67.3 Å². The minimum atomic E-state index is -3.61. The predicted molar refractivity (Wildman–Crippen MR) is 174 cm³/mol. The van der Waals surface area contributed by atoms with Crippen LogP contribution >= 0.6 is 0 Å². The number of methoxy groups -OCH3 is 1. The van der Waals surface area contributed by atoms with Crippen LogP contribution in [0.4, 0.5) is 5.69 Å². The first-order valence-corrected chi connectivity index (χ1v) is 17.0. The first-order valence-electron chi connectivity index (χ1n) is 15.1. The van der Waals surface area contributed by atoms with Crippen LogP contribution in [0.15, 0.2) is 78.9 Å². The SMILES string of the molecule is CCCCNC(=O)[C@H](Cc1ccccc1)N(Cc1cccc(OC)c1)C(=O)CCCN(c1ccc(OCC)cc1)S(C)(=O)=O. The van der Waals surface area contributed by atoms with E-state index in [1.54, 1.807) is 36.3 Å². The molecule has 0 saturated heterocycles. The van der Waals surface area contributed by atoms with E-state index >= 15 is 0 Å².